The average molecular weight is 212 g/mol. The highest BCUT2D eigenvalue weighted by atomic mass is 15.3. The normalized spacial score (nSPS) is 27.0. The van der Waals surface area contributed by atoms with Crippen LogP contribution < -0.4 is 0 Å². The Kier molecular flexibility index (Phi) is 3.52. The first-order valence-corrected chi connectivity index (χ1v) is 6.07. The highest BCUT2D eigenvalue weighted by Gasteiger charge is 2.36. The molecule has 0 N–H and O–H groups in total. The van der Waals surface area contributed by atoms with Crippen molar-refractivity contribution in [2.75, 3.05) is 26.7 Å². The SMILES string of the molecule is CN1CCN(C(C)(C)C)CC1C(C)(C)C. The molecule has 2 heteroatoms. The Morgan fingerprint density at radius 2 is 1.47 bits per heavy atom. The second kappa shape index (κ2) is 4.06. The van der Waals surface area contributed by atoms with Gasteiger partial charge >= 0.3 is 0 Å². The van der Waals surface area contributed by atoms with Crippen molar-refractivity contribution in [3.05, 3.63) is 0 Å². The summed E-state index contributed by atoms with van der Waals surface area (Å²) in [5.74, 6) is 0. The van der Waals surface area contributed by atoms with Crippen molar-refractivity contribution in [1.29, 1.82) is 0 Å². The van der Waals surface area contributed by atoms with Crippen molar-refractivity contribution < 1.29 is 0 Å². The van der Waals surface area contributed by atoms with Gasteiger partial charge in [-0.1, -0.05) is 20.8 Å². The molecule has 0 radical (unpaired) electrons. The first-order chi connectivity index (χ1) is 6.62. The minimum Gasteiger partial charge on any atom is -0.300 e. The minimum absolute atomic E-state index is 0.310. The van der Waals surface area contributed by atoms with Crippen LogP contribution in [-0.4, -0.2) is 48.1 Å². The Hall–Kier alpha value is -0.0800. The zero-order valence-electron chi connectivity index (χ0n) is 11.6. The number of rotatable bonds is 0. The van der Waals surface area contributed by atoms with Gasteiger partial charge in [0.2, 0.25) is 0 Å². The van der Waals surface area contributed by atoms with Gasteiger partial charge in [0.1, 0.15) is 0 Å². The highest BCUT2D eigenvalue weighted by molar-refractivity contribution is 4.92. The van der Waals surface area contributed by atoms with Crippen LogP contribution in [0.4, 0.5) is 0 Å². The van der Waals surface area contributed by atoms with E-state index in [2.05, 4.69) is 58.4 Å². The molecule has 2 nitrogen and oxygen atoms in total. The first kappa shape index (κ1) is 13.0. The summed E-state index contributed by atoms with van der Waals surface area (Å²) < 4.78 is 0. The molecule has 0 aromatic heterocycles. The molecule has 0 aliphatic carbocycles. The number of likely N-dealkylation sites (N-methyl/N-ethyl adjacent to an activating group) is 1. The Morgan fingerprint density at radius 1 is 0.933 bits per heavy atom. The van der Waals surface area contributed by atoms with Crippen LogP contribution in [0.3, 0.4) is 0 Å². The van der Waals surface area contributed by atoms with E-state index >= 15 is 0 Å². The molecule has 1 unspecified atom stereocenters. The predicted octanol–water partition coefficient (Wildman–Crippen LogP) is 2.45. The summed E-state index contributed by atoms with van der Waals surface area (Å²) in [6, 6.07) is 0.672. The van der Waals surface area contributed by atoms with Crippen LogP contribution in [0.15, 0.2) is 0 Å². The lowest BCUT2D eigenvalue weighted by Crippen LogP contribution is -2.60. The molecular weight excluding hydrogens is 184 g/mol. The molecule has 1 aliphatic rings. The van der Waals surface area contributed by atoms with Gasteiger partial charge in [-0.3, -0.25) is 4.90 Å². The number of hydrogen-bond acceptors (Lipinski definition) is 2. The molecule has 0 bridgehead atoms. The smallest absolute Gasteiger partial charge is 0.0269 e. The van der Waals surface area contributed by atoms with Crippen molar-refractivity contribution in [2.24, 2.45) is 5.41 Å². The van der Waals surface area contributed by atoms with Gasteiger partial charge < -0.3 is 4.90 Å². The lowest BCUT2D eigenvalue weighted by Gasteiger charge is -2.49. The molecule has 1 heterocycles. The summed E-state index contributed by atoms with van der Waals surface area (Å²) >= 11 is 0. The third-order valence-electron chi connectivity index (χ3n) is 3.60. The molecule has 1 atom stereocenters. The fourth-order valence-corrected chi connectivity index (χ4v) is 2.42. The van der Waals surface area contributed by atoms with Gasteiger partial charge in [0, 0.05) is 31.2 Å². The summed E-state index contributed by atoms with van der Waals surface area (Å²) in [7, 11) is 2.26. The Labute approximate surface area is 95.6 Å². The molecule has 1 aliphatic heterocycles. The van der Waals surface area contributed by atoms with Crippen molar-refractivity contribution in [3.63, 3.8) is 0 Å². The van der Waals surface area contributed by atoms with Crippen LogP contribution in [0.2, 0.25) is 0 Å². The summed E-state index contributed by atoms with van der Waals surface area (Å²) in [6.45, 7) is 17.6. The minimum atomic E-state index is 0.310. The Bertz CT molecular complexity index is 210. The van der Waals surface area contributed by atoms with E-state index in [4.69, 9.17) is 0 Å². The van der Waals surface area contributed by atoms with Crippen molar-refractivity contribution in [3.8, 4) is 0 Å². The molecule has 0 spiro atoms. The summed E-state index contributed by atoms with van der Waals surface area (Å²) in [5.41, 5.74) is 0.684. The Morgan fingerprint density at radius 3 is 1.87 bits per heavy atom. The molecular formula is C13H28N2. The molecule has 15 heavy (non-hydrogen) atoms. The zero-order valence-corrected chi connectivity index (χ0v) is 11.6. The lowest BCUT2D eigenvalue weighted by atomic mass is 9.83. The molecule has 0 aromatic rings. The van der Waals surface area contributed by atoms with Crippen LogP contribution in [0.1, 0.15) is 41.5 Å². The largest absolute Gasteiger partial charge is 0.300 e. The topological polar surface area (TPSA) is 6.48 Å². The van der Waals surface area contributed by atoms with E-state index in [0.29, 0.717) is 17.0 Å². The van der Waals surface area contributed by atoms with Crippen LogP contribution in [0.5, 0.6) is 0 Å². The number of hydrogen-bond donors (Lipinski definition) is 0. The standard InChI is InChI=1S/C13H28N2/c1-12(2,3)11-10-15(13(4,5)6)9-8-14(11)7/h11H,8-10H2,1-7H3. The van der Waals surface area contributed by atoms with Gasteiger partial charge in [0.15, 0.2) is 0 Å². The van der Waals surface area contributed by atoms with Gasteiger partial charge in [-0.25, -0.2) is 0 Å². The van der Waals surface area contributed by atoms with E-state index in [1.807, 2.05) is 0 Å². The van der Waals surface area contributed by atoms with Crippen LogP contribution >= 0.6 is 0 Å². The third-order valence-corrected chi connectivity index (χ3v) is 3.60. The average Bonchev–Trinajstić information content (AvgIpc) is 2.00. The Balaban J connectivity index is 2.73. The summed E-state index contributed by atoms with van der Waals surface area (Å²) in [4.78, 5) is 5.13. The molecule has 1 fully saturated rings. The number of piperazine rings is 1. The van der Waals surface area contributed by atoms with E-state index in [1.165, 1.54) is 19.6 Å². The van der Waals surface area contributed by atoms with Crippen molar-refractivity contribution >= 4 is 0 Å². The van der Waals surface area contributed by atoms with Gasteiger partial charge in [0.25, 0.3) is 0 Å². The van der Waals surface area contributed by atoms with Crippen molar-refractivity contribution in [2.45, 2.75) is 53.1 Å². The van der Waals surface area contributed by atoms with Gasteiger partial charge in [-0.2, -0.15) is 0 Å². The first-order valence-electron chi connectivity index (χ1n) is 6.07. The molecule has 1 saturated heterocycles. The molecule has 1 rings (SSSR count). The van der Waals surface area contributed by atoms with Crippen LogP contribution in [-0.2, 0) is 0 Å². The fraction of sp³-hybridized carbons (Fsp3) is 1.00. The van der Waals surface area contributed by atoms with E-state index in [-0.39, 0.29) is 0 Å². The third kappa shape index (κ3) is 3.18. The maximum Gasteiger partial charge on any atom is 0.0269 e. The fourth-order valence-electron chi connectivity index (χ4n) is 2.42. The lowest BCUT2D eigenvalue weighted by molar-refractivity contribution is -0.00617. The van der Waals surface area contributed by atoms with Gasteiger partial charge in [-0.05, 0) is 33.2 Å². The number of nitrogens with zero attached hydrogens (tertiary/aromatic N) is 2. The van der Waals surface area contributed by atoms with Gasteiger partial charge in [0.05, 0.1) is 0 Å². The van der Waals surface area contributed by atoms with Gasteiger partial charge in [-0.15, -0.1) is 0 Å². The summed E-state index contributed by atoms with van der Waals surface area (Å²) in [5, 5.41) is 0. The van der Waals surface area contributed by atoms with E-state index in [9.17, 15) is 0 Å². The monoisotopic (exact) mass is 212 g/mol. The predicted molar refractivity (Wildman–Crippen MR) is 67.2 cm³/mol. The zero-order chi connectivity index (χ0) is 11.9. The maximum atomic E-state index is 2.61. The second-order valence-electron chi connectivity index (χ2n) is 6.98. The molecule has 0 saturated carbocycles. The van der Waals surface area contributed by atoms with E-state index in [0.717, 1.165) is 0 Å². The van der Waals surface area contributed by atoms with Crippen molar-refractivity contribution in [1.82, 2.24) is 9.80 Å². The van der Waals surface area contributed by atoms with E-state index < -0.39 is 0 Å². The van der Waals surface area contributed by atoms with Crippen LogP contribution in [0.25, 0.3) is 0 Å². The molecule has 0 amide bonds. The molecule has 90 valence electrons. The van der Waals surface area contributed by atoms with E-state index in [1.54, 1.807) is 0 Å². The molecule has 0 aromatic carbocycles. The van der Waals surface area contributed by atoms with Crippen LogP contribution in [0, 0.1) is 5.41 Å². The summed E-state index contributed by atoms with van der Waals surface area (Å²) in [6.07, 6.45) is 0. The highest BCUT2D eigenvalue weighted by Crippen LogP contribution is 2.29. The quantitative estimate of drug-likeness (QED) is 0.608. The maximum absolute atomic E-state index is 2.61. The second-order valence-corrected chi connectivity index (χ2v) is 6.98.